The van der Waals surface area contributed by atoms with Gasteiger partial charge in [0.2, 0.25) is 0 Å². The van der Waals surface area contributed by atoms with Gasteiger partial charge in [0.1, 0.15) is 5.75 Å². The first kappa shape index (κ1) is 16.9. The standard InChI is InChI=1S/C14H12BrCl2O3P/c1-2-19-21(18,10-6-4-3-5-7-10)20-14-9-12(16)11(15)8-13(14)17/h3-9H,2H2,1H3. The first-order chi connectivity index (χ1) is 9.96. The van der Waals surface area contributed by atoms with Crippen LogP contribution < -0.4 is 9.83 Å². The molecule has 0 N–H and O–H groups in total. The van der Waals surface area contributed by atoms with Crippen molar-refractivity contribution in [2.45, 2.75) is 6.92 Å². The fourth-order valence-electron chi connectivity index (χ4n) is 1.64. The van der Waals surface area contributed by atoms with Crippen LogP contribution in [-0.4, -0.2) is 6.61 Å². The van der Waals surface area contributed by atoms with Crippen LogP contribution in [0.2, 0.25) is 10.0 Å². The molecular weight excluding hydrogens is 398 g/mol. The Morgan fingerprint density at radius 2 is 1.81 bits per heavy atom. The second kappa shape index (κ2) is 7.17. The second-order valence-electron chi connectivity index (χ2n) is 4.04. The minimum absolute atomic E-state index is 0.213. The van der Waals surface area contributed by atoms with Crippen LogP contribution in [0.25, 0.3) is 0 Å². The molecule has 3 nitrogen and oxygen atoms in total. The van der Waals surface area contributed by atoms with Crippen LogP contribution in [0, 0.1) is 0 Å². The highest BCUT2D eigenvalue weighted by Crippen LogP contribution is 2.49. The fraction of sp³-hybridized carbons (Fsp3) is 0.143. The number of benzene rings is 2. The molecule has 2 aromatic rings. The maximum Gasteiger partial charge on any atom is 0.410 e. The average molecular weight is 410 g/mol. The zero-order valence-electron chi connectivity index (χ0n) is 11.1. The van der Waals surface area contributed by atoms with Crippen molar-refractivity contribution in [3.05, 3.63) is 57.0 Å². The molecule has 7 heteroatoms. The molecule has 112 valence electrons. The molecule has 0 aliphatic carbocycles. The molecule has 0 aromatic heterocycles. The summed E-state index contributed by atoms with van der Waals surface area (Å²) >= 11 is 15.4. The van der Waals surface area contributed by atoms with Gasteiger partial charge in [-0.15, -0.1) is 0 Å². The summed E-state index contributed by atoms with van der Waals surface area (Å²) in [5, 5.41) is 1.16. The molecule has 0 spiro atoms. The van der Waals surface area contributed by atoms with Crippen LogP contribution in [-0.2, 0) is 9.09 Å². The first-order valence-electron chi connectivity index (χ1n) is 6.10. The highest BCUT2D eigenvalue weighted by molar-refractivity contribution is 9.10. The lowest BCUT2D eigenvalue weighted by molar-refractivity contribution is 0.289. The Morgan fingerprint density at radius 3 is 2.43 bits per heavy atom. The van der Waals surface area contributed by atoms with E-state index in [1.807, 2.05) is 6.07 Å². The SMILES string of the molecule is CCOP(=O)(Oc1cc(Cl)c(Br)cc1Cl)c1ccccc1. The minimum Gasteiger partial charge on any atom is -0.420 e. The minimum atomic E-state index is -3.51. The Bertz CT molecular complexity index is 679. The number of hydrogen-bond donors (Lipinski definition) is 0. The van der Waals surface area contributed by atoms with E-state index in [1.54, 1.807) is 37.3 Å². The summed E-state index contributed by atoms with van der Waals surface area (Å²) in [5.74, 6) is 0.213. The van der Waals surface area contributed by atoms with Crippen LogP contribution in [0.5, 0.6) is 5.75 Å². The smallest absolute Gasteiger partial charge is 0.410 e. The first-order valence-corrected chi connectivity index (χ1v) is 9.20. The number of halogens is 3. The van der Waals surface area contributed by atoms with Gasteiger partial charge in [-0.05, 0) is 41.1 Å². The molecule has 1 atom stereocenters. The van der Waals surface area contributed by atoms with E-state index in [-0.39, 0.29) is 12.4 Å². The summed E-state index contributed by atoms with van der Waals surface area (Å²) in [7, 11) is -3.51. The lowest BCUT2D eigenvalue weighted by Crippen LogP contribution is -2.12. The Hall–Kier alpha value is -0.510. The molecule has 0 bridgehead atoms. The molecule has 0 saturated carbocycles. The van der Waals surface area contributed by atoms with Gasteiger partial charge < -0.3 is 4.52 Å². The van der Waals surface area contributed by atoms with Gasteiger partial charge in [-0.3, -0.25) is 4.52 Å². The van der Waals surface area contributed by atoms with E-state index in [1.165, 1.54) is 6.07 Å². The van der Waals surface area contributed by atoms with Gasteiger partial charge in [0, 0.05) is 10.5 Å². The van der Waals surface area contributed by atoms with Gasteiger partial charge >= 0.3 is 7.60 Å². The zero-order chi connectivity index (χ0) is 15.5. The maximum atomic E-state index is 13.0. The molecular formula is C14H12BrCl2O3P. The van der Waals surface area contributed by atoms with E-state index in [2.05, 4.69) is 15.9 Å². The maximum absolute atomic E-state index is 13.0. The molecule has 2 rings (SSSR count). The van der Waals surface area contributed by atoms with Gasteiger partial charge in [-0.1, -0.05) is 41.4 Å². The quantitative estimate of drug-likeness (QED) is 0.470. The van der Waals surface area contributed by atoms with Crippen molar-refractivity contribution in [3.8, 4) is 5.75 Å². The highest BCUT2D eigenvalue weighted by atomic mass is 79.9. The average Bonchev–Trinajstić information content (AvgIpc) is 2.46. The van der Waals surface area contributed by atoms with Crippen LogP contribution in [0.1, 0.15) is 6.92 Å². The summed E-state index contributed by atoms with van der Waals surface area (Å²) in [4.78, 5) is 0. The van der Waals surface area contributed by atoms with Crippen molar-refractivity contribution in [2.75, 3.05) is 6.61 Å². The third-order valence-corrected chi connectivity index (χ3v) is 6.02. The fourth-order valence-corrected chi connectivity index (χ4v) is 4.12. The van der Waals surface area contributed by atoms with E-state index in [0.29, 0.717) is 19.8 Å². The predicted octanol–water partition coefficient (Wildman–Crippen LogP) is 5.69. The molecule has 0 amide bonds. The van der Waals surface area contributed by atoms with Crippen LogP contribution in [0.3, 0.4) is 0 Å². The van der Waals surface area contributed by atoms with Gasteiger partial charge in [-0.25, -0.2) is 4.57 Å². The van der Waals surface area contributed by atoms with E-state index in [9.17, 15) is 4.57 Å². The van der Waals surface area contributed by atoms with Gasteiger partial charge in [0.15, 0.2) is 0 Å². The van der Waals surface area contributed by atoms with E-state index >= 15 is 0 Å². The van der Waals surface area contributed by atoms with Gasteiger partial charge in [-0.2, -0.15) is 0 Å². The third-order valence-electron chi connectivity index (χ3n) is 2.56. The van der Waals surface area contributed by atoms with Crippen molar-refractivity contribution in [2.24, 2.45) is 0 Å². The van der Waals surface area contributed by atoms with Crippen molar-refractivity contribution in [1.29, 1.82) is 0 Å². The third kappa shape index (κ3) is 4.02. The van der Waals surface area contributed by atoms with Crippen LogP contribution in [0.15, 0.2) is 46.9 Å². The number of hydrogen-bond acceptors (Lipinski definition) is 3. The molecule has 0 radical (unpaired) electrons. The van der Waals surface area contributed by atoms with Crippen LogP contribution >= 0.6 is 46.7 Å². The molecule has 21 heavy (non-hydrogen) atoms. The van der Waals surface area contributed by atoms with E-state index in [4.69, 9.17) is 32.2 Å². The second-order valence-corrected chi connectivity index (χ2v) is 7.66. The van der Waals surface area contributed by atoms with E-state index < -0.39 is 7.60 Å². The Labute approximate surface area is 141 Å². The molecule has 1 unspecified atom stereocenters. The summed E-state index contributed by atoms with van der Waals surface area (Å²) in [5.41, 5.74) is 0. The van der Waals surface area contributed by atoms with Gasteiger partial charge in [0.25, 0.3) is 0 Å². The molecule has 0 heterocycles. The van der Waals surface area contributed by atoms with Crippen molar-refractivity contribution < 1.29 is 13.6 Å². The molecule has 0 aliphatic rings. The summed E-state index contributed by atoms with van der Waals surface area (Å²) in [6, 6.07) is 11.8. The van der Waals surface area contributed by atoms with E-state index in [0.717, 1.165) is 0 Å². The van der Waals surface area contributed by atoms with Crippen molar-refractivity contribution in [3.63, 3.8) is 0 Å². The zero-order valence-corrected chi connectivity index (χ0v) is 15.0. The summed E-state index contributed by atoms with van der Waals surface area (Å²) < 4.78 is 24.6. The highest BCUT2D eigenvalue weighted by Gasteiger charge is 2.29. The lowest BCUT2D eigenvalue weighted by Gasteiger charge is -2.19. The normalized spacial score (nSPS) is 13.7. The largest absolute Gasteiger partial charge is 0.420 e. The number of rotatable bonds is 5. The Kier molecular flexibility index (Phi) is 5.75. The van der Waals surface area contributed by atoms with Gasteiger partial charge in [0.05, 0.1) is 22.0 Å². The van der Waals surface area contributed by atoms with Crippen LogP contribution in [0.4, 0.5) is 0 Å². The van der Waals surface area contributed by atoms with Crippen molar-refractivity contribution in [1.82, 2.24) is 0 Å². The monoisotopic (exact) mass is 408 g/mol. The summed E-state index contributed by atoms with van der Waals surface area (Å²) in [6.07, 6.45) is 0. The van der Waals surface area contributed by atoms with Crippen molar-refractivity contribution >= 4 is 52.0 Å². The topological polar surface area (TPSA) is 35.5 Å². The molecule has 0 saturated heterocycles. The Morgan fingerprint density at radius 1 is 1.14 bits per heavy atom. The lowest BCUT2D eigenvalue weighted by atomic mass is 10.3. The predicted molar refractivity (Wildman–Crippen MR) is 90.1 cm³/mol. The Balaban J connectivity index is 2.42. The molecule has 2 aromatic carbocycles. The summed E-state index contributed by atoms with van der Waals surface area (Å²) in [6.45, 7) is 1.99. The molecule has 0 fully saturated rings. The molecule has 0 aliphatic heterocycles.